The van der Waals surface area contributed by atoms with E-state index in [0.717, 1.165) is 0 Å². The van der Waals surface area contributed by atoms with E-state index in [4.69, 9.17) is 75.4 Å². The van der Waals surface area contributed by atoms with E-state index in [9.17, 15) is 0 Å². The molecule has 0 aliphatic heterocycles. The van der Waals surface area contributed by atoms with Gasteiger partial charge >= 0.3 is 48.8 Å². The summed E-state index contributed by atoms with van der Waals surface area (Å²) in [6.07, 6.45) is 0. The van der Waals surface area contributed by atoms with Crippen LogP contribution in [0.2, 0.25) is 0 Å². The molecule has 15 nitrogen and oxygen atoms in total. The second-order valence-electron chi connectivity index (χ2n) is 1.69. The van der Waals surface area contributed by atoms with Crippen molar-refractivity contribution >= 4 is 36.6 Å². The summed E-state index contributed by atoms with van der Waals surface area (Å²) in [6, 6.07) is 0. The Balaban J connectivity index is -0.0000000331. The van der Waals surface area contributed by atoms with E-state index >= 15 is 0 Å². The molecule has 0 amide bonds. The number of hydrogen-bond acceptors (Lipinski definition) is 15. The van der Waals surface area contributed by atoms with Gasteiger partial charge in [-0.15, -0.1) is 0 Å². The molecular weight excluding hydrogens is 359 g/mol. The molecule has 0 spiro atoms. The first-order valence-corrected chi connectivity index (χ1v) is 3.83. The van der Waals surface area contributed by atoms with Gasteiger partial charge in [-0.1, -0.05) is 0 Å². The van der Waals surface area contributed by atoms with Crippen LogP contribution in [0, 0.1) is 0 Å². The molecule has 0 fully saturated rings. The van der Waals surface area contributed by atoms with Gasteiger partial charge in [-0.2, -0.15) is 0 Å². The van der Waals surface area contributed by atoms with Crippen molar-refractivity contribution in [2.75, 3.05) is 0 Å². The average Bonchev–Trinajstić information content (AvgIpc) is 1.94. The Labute approximate surface area is 132 Å². The third-order valence-electron chi connectivity index (χ3n) is 0. The van der Waals surface area contributed by atoms with Crippen LogP contribution >= 0.6 is 0 Å². The van der Waals surface area contributed by atoms with Crippen molar-refractivity contribution < 1.29 is 94.8 Å². The van der Waals surface area contributed by atoms with Crippen LogP contribution < -0.4 is 10.0 Å². The van der Waals surface area contributed by atoms with Crippen LogP contribution in [0.15, 0.2) is 0 Å². The van der Waals surface area contributed by atoms with Gasteiger partial charge in [-0.25, -0.2) is 0 Å². The average molecular weight is 373 g/mol. The van der Waals surface area contributed by atoms with Gasteiger partial charge in [0, 0.05) is 0 Å². The van der Waals surface area contributed by atoms with Crippen LogP contribution in [-0.2, 0) is 19.5 Å². The summed E-state index contributed by atoms with van der Waals surface area (Å²) < 4.78 is 0. The van der Waals surface area contributed by atoms with Crippen molar-refractivity contribution in [2.24, 2.45) is 0 Å². The van der Waals surface area contributed by atoms with E-state index in [0.29, 0.717) is 0 Å². The second-order valence-corrected chi connectivity index (χ2v) is 1.69. The van der Waals surface area contributed by atoms with Crippen molar-refractivity contribution in [1.29, 1.82) is 0 Å². The van der Waals surface area contributed by atoms with Gasteiger partial charge in [0.2, 0.25) is 0 Å². The predicted octanol–water partition coefficient (Wildman–Crippen LogP) is -11.5. The third kappa shape index (κ3) is 56500. The maximum absolute atomic E-state index is 8.53. The monoisotopic (exact) mass is 372 g/mol. The first kappa shape index (κ1) is 37.5. The van der Waals surface area contributed by atoms with Gasteiger partial charge in [-0.05, 0) is 0 Å². The minimum atomic E-state index is -2.67. The van der Waals surface area contributed by atoms with Gasteiger partial charge in [0.05, 0.1) is 7.32 Å². The van der Waals surface area contributed by atoms with Gasteiger partial charge in [0.25, 0.3) is 0 Å². The van der Waals surface area contributed by atoms with Crippen LogP contribution in [-0.4, -0.2) is 102 Å². The molecule has 0 radical (unpaired) electrons. The summed E-state index contributed by atoms with van der Waals surface area (Å²) in [5.74, 6) is 0. The molecule has 0 aliphatic rings. The molecule has 0 aromatic rings. The topological polar surface area (TPSA) is 309 Å². The van der Waals surface area contributed by atoms with Gasteiger partial charge in [0.1, 0.15) is 0 Å². The Morgan fingerprint density at radius 2 is 0.381 bits per heavy atom. The zero-order valence-electron chi connectivity index (χ0n) is 10.2. The molecule has 120 valence electrons. The van der Waals surface area contributed by atoms with Crippen molar-refractivity contribution in [3.8, 4) is 0 Å². The van der Waals surface area contributed by atoms with E-state index < -0.39 is 36.6 Å². The van der Waals surface area contributed by atoms with Crippen molar-refractivity contribution in [2.45, 2.75) is 0 Å². The van der Waals surface area contributed by atoms with Crippen LogP contribution in [0.5, 0.6) is 0 Å². The Bertz CT molecular complexity index is 80.6. The van der Waals surface area contributed by atoms with Gasteiger partial charge < -0.3 is 75.4 Å². The Morgan fingerprint density at radius 1 is 0.381 bits per heavy atom. The minimum Gasteiger partial charge on any atom is -0.871 e. The maximum atomic E-state index is 8.53. The molecule has 21 heteroatoms. The van der Waals surface area contributed by atoms with E-state index in [1.54, 1.807) is 0 Å². The van der Waals surface area contributed by atoms with Crippen LogP contribution in [0.1, 0.15) is 0 Å². The summed E-state index contributed by atoms with van der Waals surface area (Å²) in [5, 5.41) is 110. The number of rotatable bonds is 0. The molecular formula is H13B5O15Zn. The molecule has 21 heavy (non-hydrogen) atoms. The van der Waals surface area contributed by atoms with Gasteiger partial charge in [0.15, 0.2) is 0 Å². The predicted molar refractivity (Wildman–Crippen MR) is 57.6 cm³/mol. The molecule has 0 saturated heterocycles. The fourth-order valence-corrected chi connectivity index (χ4v) is 0. The van der Waals surface area contributed by atoms with Crippen molar-refractivity contribution in [3.05, 3.63) is 0 Å². The quantitative estimate of drug-likeness (QED) is 0.175. The molecule has 0 saturated carbocycles. The Kier molecular flexibility index (Phi) is 57.8. The molecule has 0 atom stereocenters. The smallest absolute Gasteiger partial charge is 0.871 e. The van der Waals surface area contributed by atoms with Crippen LogP contribution in [0.25, 0.3) is 0 Å². The van der Waals surface area contributed by atoms with E-state index in [2.05, 4.69) is 0 Å². The van der Waals surface area contributed by atoms with E-state index in [-0.39, 0.29) is 19.5 Å². The van der Waals surface area contributed by atoms with E-state index in [1.807, 2.05) is 0 Å². The molecule has 0 aromatic carbocycles. The minimum absolute atomic E-state index is 0. The standard InChI is InChI=1S/4BH3O3.BHO3.Zn/c5*2-1(3)4;/h4*2-4H;2H;/q;;;;-2;+2. The van der Waals surface area contributed by atoms with Crippen molar-refractivity contribution in [3.63, 3.8) is 0 Å². The summed E-state index contributed by atoms with van der Waals surface area (Å²) in [6.45, 7) is 0. The number of hydrogen-bond donors (Lipinski definition) is 13. The Hall–Kier alpha value is 0.348. The summed E-state index contributed by atoms with van der Waals surface area (Å²) >= 11 is 0. The zero-order chi connectivity index (χ0) is 17.9. The third-order valence-corrected chi connectivity index (χ3v) is 0. The summed E-state index contributed by atoms with van der Waals surface area (Å²) in [4.78, 5) is 0. The molecule has 0 aliphatic carbocycles. The molecule has 0 bridgehead atoms. The second kappa shape index (κ2) is 32.3. The molecule has 0 rings (SSSR count). The fourth-order valence-electron chi connectivity index (χ4n) is 0. The fraction of sp³-hybridized carbons (Fsp3) is 0. The first-order chi connectivity index (χ1) is 8.66. The molecule has 0 unspecified atom stereocenters. The molecule has 0 heterocycles. The Morgan fingerprint density at radius 3 is 0.381 bits per heavy atom. The first-order valence-electron chi connectivity index (χ1n) is 3.83. The molecule has 0 aromatic heterocycles. The van der Waals surface area contributed by atoms with E-state index in [1.165, 1.54) is 0 Å². The molecule has 13 N–H and O–H groups in total. The largest absolute Gasteiger partial charge is 2.00 e. The van der Waals surface area contributed by atoms with Gasteiger partial charge in [-0.3, -0.25) is 0 Å². The van der Waals surface area contributed by atoms with Crippen LogP contribution in [0.4, 0.5) is 0 Å². The normalized spacial score (nSPS) is 6.43. The SMILES string of the molecule is OB(O)O.OB(O)O.OB(O)O.OB(O)O.[O-]B([O-])O.[Zn+2]. The van der Waals surface area contributed by atoms with Crippen molar-refractivity contribution in [1.82, 2.24) is 0 Å². The zero-order valence-corrected chi connectivity index (χ0v) is 13.2. The summed E-state index contributed by atoms with van der Waals surface area (Å²) in [5.41, 5.74) is 0. The van der Waals surface area contributed by atoms with Crippen LogP contribution in [0.3, 0.4) is 0 Å². The summed E-state index contributed by atoms with van der Waals surface area (Å²) in [7, 11) is -11.3. The maximum Gasteiger partial charge on any atom is 2.00 e.